The first-order valence-corrected chi connectivity index (χ1v) is 4.53. The predicted octanol–water partition coefficient (Wildman–Crippen LogP) is 0.509. The van der Waals surface area contributed by atoms with E-state index in [1.807, 2.05) is 6.92 Å². The molecule has 0 bridgehead atoms. The minimum Gasteiger partial charge on any atom is -0.471 e. The molecule has 0 unspecified atom stereocenters. The monoisotopic (exact) mass is 183 g/mol. The summed E-state index contributed by atoms with van der Waals surface area (Å²) in [6.07, 6.45) is 2.30. The molecule has 1 aliphatic heterocycles. The third-order valence-corrected chi connectivity index (χ3v) is 2.18. The molecule has 0 radical (unpaired) electrons. The van der Waals surface area contributed by atoms with Gasteiger partial charge in [0.05, 0.1) is 0 Å². The number of hydrogen-bond donors (Lipinski definition) is 1. The minimum absolute atomic E-state index is 0.256. The van der Waals surface area contributed by atoms with Crippen LogP contribution in [0.4, 0.5) is 0 Å². The van der Waals surface area contributed by atoms with Crippen LogP contribution in [0.3, 0.4) is 0 Å². The highest BCUT2D eigenvalue weighted by molar-refractivity contribution is 5.12. The van der Waals surface area contributed by atoms with Gasteiger partial charge in [-0.3, -0.25) is 0 Å². The second-order valence-electron chi connectivity index (χ2n) is 3.22. The molecule has 5 heteroatoms. The molecular formula is C8H13N3O2. The van der Waals surface area contributed by atoms with Crippen LogP contribution in [0.1, 0.15) is 18.5 Å². The van der Waals surface area contributed by atoms with Gasteiger partial charge in [-0.2, -0.15) is 0 Å². The van der Waals surface area contributed by atoms with Crippen molar-refractivity contribution in [2.45, 2.75) is 25.9 Å². The molecule has 0 spiro atoms. The standard InChI is InChI=1S/C8H13N3O2/c1-6-8(11-13-10-6)12-7-2-4-9-5-3-7/h7,9H,2-5H2,1H3. The van der Waals surface area contributed by atoms with Crippen LogP contribution in [-0.4, -0.2) is 29.5 Å². The lowest BCUT2D eigenvalue weighted by Crippen LogP contribution is -2.34. The molecule has 1 aromatic heterocycles. The summed E-state index contributed by atoms with van der Waals surface area (Å²) in [4.78, 5) is 0. The molecular weight excluding hydrogens is 170 g/mol. The van der Waals surface area contributed by atoms with Gasteiger partial charge in [0.15, 0.2) is 0 Å². The summed E-state index contributed by atoms with van der Waals surface area (Å²) in [7, 11) is 0. The molecule has 0 aliphatic carbocycles. The number of nitrogens with zero attached hydrogens (tertiary/aromatic N) is 2. The van der Waals surface area contributed by atoms with Crippen LogP contribution < -0.4 is 10.1 Å². The fourth-order valence-electron chi connectivity index (χ4n) is 1.40. The Balaban J connectivity index is 1.93. The summed E-state index contributed by atoms with van der Waals surface area (Å²) >= 11 is 0. The van der Waals surface area contributed by atoms with E-state index in [4.69, 9.17) is 4.74 Å². The highest BCUT2D eigenvalue weighted by atomic mass is 16.6. The van der Waals surface area contributed by atoms with Gasteiger partial charge >= 0.3 is 0 Å². The van der Waals surface area contributed by atoms with Gasteiger partial charge in [-0.05, 0) is 38.0 Å². The average molecular weight is 183 g/mol. The van der Waals surface area contributed by atoms with E-state index in [1.54, 1.807) is 0 Å². The zero-order valence-corrected chi connectivity index (χ0v) is 7.62. The van der Waals surface area contributed by atoms with Gasteiger partial charge in [-0.15, -0.1) is 0 Å². The fourth-order valence-corrected chi connectivity index (χ4v) is 1.40. The maximum atomic E-state index is 5.62. The van der Waals surface area contributed by atoms with Gasteiger partial charge < -0.3 is 10.1 Å². The zero-order valence-electron chi connectivity index (χ0n) is 7.62. The van der Waals surface area contributed by atoms with E-state index in [9.17, 15) is 0 Å². The zero-order chi connectivity index (χ0) is 9.10. The lowest BCUT2D eigenvalue weighted by atomic mass is 10.1. The quantitative estimate of drug-likeness (QED) is 0.723. The molecule has 13 heavy (non-hydrogen) atoms. The van der Waals surface area contributed by atoms with Crippen molar-refractivity contribution in [1.29, 1.82) is 0 Å². The molecule has 0 atom stereocenters. The Hall–Kier alpha value is -1.10. The third kappa shape index (κ3) is 1.98. The molecule has 0 amide bonds. The highest BCUT2D eigenvalue weighted by Gasteiger charge is 2.17. The first-order valence-electron chi connectivity index (χ1n) is 4.53. The Morgan fingerprint density at radius 2 is 2.15 bits per heavy atom. The normalized spacial score (nSPS) is 18.8. The first kappa shape index (κ1) is 8.50. The van der Waals surface area contributed by atoms with Crippen molar-refractivity contribution in [3.8, 4) is 5.88 Å². The van der Waals surface area contributed by atoms with E-state index in [0.717, 1.165) is 31.6 Å². The molecule has 0 saturated carbocycles. The first-order chi connectivity index (χ1) is 6.36. The summed E-state index contributed by atoms with van der Waals surface area (Å²) in [5.74, 6) is 0.534. The highest BCUT2D eigenvalue weighted by Crippen LogP contribution is 2.16. The van der Waals surface area contributed by atoms with Crippen LogP contribution in [0.2, 0.25) is 0 Å². The van der Waals surface area contributed by atoms with Crippen LogP contribution in [-0.2, 0) is 0 Å². The lowest BCUT2D eigenvalue weighted by molar-refractivity contribution is 0.146. The predicted molar refractivity (Wildman–Crippen MR) is 45.6 cm³/mol. The second kappa shape index (κ2) is 3.74. The third-order valence-electron chi connectivity index (χ3n) is 2.18. The fraction of sp³-hybridized carbons (Fsp3) is 0.750. The molecule has 1 fully saturated rings. The van der Waals surface area contributed by atoms with Crippen LogP contribution in [0.5, 0.6) is 5.88 Å². The molecule has 72 valence electrons. The maximum Gasteiger partial charge on any atom is 0.278 e. The Bertz CT molecular complexity index is 268. The molecule has 1 aromatic rings. The van der Waals surface area contributed by atoms with Crippen molar-refractivity contribution in [1.82, 2.24) is 15.6 Å². The summed E-state index contributed by atoms with van der Waals surface area (Å²) in [6, 6.07) is 0. The van der Waals surface area contributed by atoms with Crippen LogP contribution in [0, 0.1) is 6.92 Å². The van der Waals surface area contributed by atoms with Crippen molar-refractivity contribution in [3.63, 3.8) is 0 Å². The molecule has 1 N–H and O–H groups in total. The number of ether oxygens (including phenoxy) is 1. The summed E-state index contributed by atoms with van der Waals surface area (Å²) < 4.78 is 10.2. The molecule has 2 heterocycles. The summed E-state index contributed by atoms with van der Waals surface area (Å²) in [6.45, 7) is 3.84. The number of aromatic nitrogens is 2. The Labute approximate surface area is 76.4 Å². The van der Waals surface area contributed by atoms with Gasteiger partial charge in [0.25, 0.3) is 5.88 Å². The number of rotatable bonds is 2. The van der Waals surface area contributed by atoms with E-state index in [0.29, 0.717) is 5.88 Å². The van der Waals surface area contributed by atoms with Gasteiger partial charge in [-0.1, -0.05) is 5.16 Å². The smallest absolute Gasteiger partial charge is 0.278 e. The van der Waals surface area contributed by atoms with Crippen molar-refractivity contribution < 1.29 is 9.37 Å². The minimum atomic E-state index is 0.256. The number of aryl methyl sites for hydroxylation is 1. The van der Waals surface area contributed by atoms with Crippen molar-refractivity contribution >= 4 is 0 Å². The largest absolute Gasteiger partial charge is 0.471 e. The van der Waals surface area contributed by atoms with Crippen molar-refractivity contribution in [2.24, 2.45) is 0 Å². The SMILES string of the molecule is Cc1nonc1OC1CCNCC1. The van der Waals surface area contributed by atoms with Gasteiger partial charge in [0.2, 0.25) is 0 Å². The van der Waals surface area contributed by atoms with Gasteiger partial charge in [0, 0.05) is 0 Å². The van der Waals surface area contributed by atoms with Crippen molar-refractivity contribution in [2.75, 3.05) is 13.1 Å². The van der Waals surface area contributed by atoms with Crippen LogP contribution >= 0.6 is 0 Å². The Kier molecular flexibility index (Phi) is 2.44. The maximum absolute atomic E-state index is 5.62. The topological polar surface area (TPSA) is 60.2 Å². The average Bonchev–Trinajstić information content (AvgIpc) is 2.54. The Morgan fingerprint density at radius 3 is 2.77 bits per heavy atom. The number of nitrogens with one attached hydrogen (secondary N) is 1. The van der Waals surface area contributed by atoms with Gasteiger partial charge in [0.1, 0.15) is 11.8 Å². The number of piperidine rings is 1. The van der Waals surface area contributed by atoms with Crippen LogP contribution in [0.15, 0.2) is 4.63 Å². The summed E-state index contributed by atoms with van der Waals surface area (Å²) in [5, 5.41) is 10.6. The van der Waals surface area contributed by atoms with E-state index in [2.05, 4.69) is 20.3 Å². The lowest BCUT2D eigenvalue weighted by Gasteiger charge is -2.22. The van der Waals surface area contributed by atoms with E-state index in [1.165, 1.54) is 0 Å². The molecule has 1 saturated heterocycles. The molecule has 5 nitrogen and oxygen atoms in total. The molecule has 0 aromatic carbocycles. The van der Waals surface area contributed by atoms with Crippen LogP contribution in [0.25, 0.3) is 0 Å². The summed E-state index contributed by atoms with van der Waals surface area (Å²) in [5.41, 5.74) is 0.721. The second-order valence-corrected chi connectivity index (χ2v) is 3.22. The van der Waals surface area contributed by atoms with E-state index in [-0.39, 0.29) is 6.10 Å². The molecule has 1 aliphatic rings. The van der Waals surface area contributed by atoms with E-state index < -0.39 is 0 Å². The molecule has 2 rings (SSSR count). The van der Waals surface area contributed by atoms with E-state index >= 15 is 0 Å². The number of hydrogen-bond acceptors (Lipinski definition) is 5. The Morgan fingerprint density at radius 1 is 1.38 bits per heavy atom. The van der Waals surface area contributed by atoms with Gasteiger partial charge in [-0.25, -0.2) is 4.63 Å². The van der Waals surface area contributed by atoms with Crippen molar-refractivity contribution in [3.05, 3.63) is 5.69 Å².